The van der Waals surface area contributed by atoms with Crippen LogP contribution in [0.25, 0.3) is 0 Å². The molecule has 3 heterocycles. The first-order chi connectivity index (χ1) is 13.5. The number of carbonyl (C=O) groups is 2. The average molecular weight is 390 g/mol. The van der Waals surface area contributed by atoms with Gasteiger partial charge < -0.3 is 19.3 Å². The number of aryl methyl sites for hydroxylation is 1. The molecule has 2 fully saturated rings. The first kappa shape index (κ1) is 20.8. The van der Waals surface area contributed by atoms with Gasteiger partial charge in [0.1, 0.15) is 5.69 Å². The fraction of sp³-hybridized carbons (Fsp3) is 0.762. The van der Waals surface area contributed by atoms with Crippen LogP contribution in [0.15, 0.2) is 12.5 Å². The minimum absolute atomic E-state index is 0.0198. The predicted octanol–water partition coefficient (Wildman–Crippen LogP) is 2.00. The number of nitrogens with zero attached hydrogens (tertiary/aromatic N) is 5. The number of carbonyl (C=O) groups excluding carboxylic acids is 2. The van der Waals surface area contributed by atoms with E-state index in [4.69, 9.17) is 0 Å². The summed E-state index contributed by atoms with van der Waals surface area (Å²) in [4.78, 5) is 36.4. The molecule has 7 heteroatoms. The number of amides is 2. The normalized spacial score (nSPS) is 20.7. The highest BCUT2D eigenvalue weighted by Gasteiger charge is 2.32. The summed E-state index contributed by atoms with van der Waals surface area (Å²) in [5.41, 5.74) is 0.485. The fourth-order valence-electron chi connectivity index (χ4n) is 4.35. The number of likely N-dealkylation sites (tertiary alicyclic amines) is 2. The van der Waals surface area contributed by atoms with Crippen LogP contribution in [-0.4, -0.2) is 81.4 Å². The van der Waals surface area contributed by atoms with Gasteiger partial charge in [-0.15, -0.1) is 0 Å². The smallest absolute Gasteiger partial charge is 0.274 e. The zero-order valence-electron chi connectivity index (χ0n) is 17.6. The summed E-state index contributed by atoms with van der Waals surface area (Å²) in [7, 11) is 1.87. The summed E-state index contributed by atoms with van der Waals surface area (Å²) in [6.45, 7) is 9.50. The molecule has 0 radical (unpaired) electrons. The summed E-state index contributed by atoms with van der Waals surface area (Å²) in [6.07, 6.45) is 8.90. The molecule has 3 rings (SSSR count). The third-order valence-corrected chi connectivity index (χ3v) is 5.90. The van der Waals surface area contributed by atoms with Crippen molar-refractivity contribution in [2.75, 3.05) is 39.3 Å². The predicted molar refractivity (Wildman–Crippen MR) is 109 cm³/mol. The van der Waals surface area contributed by atoms with E-state index >= 15 is 0 Å². The van der Waals surface area contributed by atoms with Crippen molar-refractivity contribution in [3.05, 3.63) is 18.2 Å². The standard InChI is InChI=1S/C21H35N5O2/c1-17(2)20(27)26(13-7-11-24-9-4-5-10-24)18-8-6-12-25(14-18)21(28)19-15-23(3)16-22-19/h15-18H,4-14H2,1-3H3. The summed E-state index contributed by atoms with van der Waals surface area (Å²) >= 11 is 0. The molecule has 2 aliphatic rings. The molecule has 1 aromatic rings. The van der Waals surface area contributed by atoms with E-state index in [0.717, 1.165) is 38.9 Å². The Balaban J connectivity index is 1.62. The average Bonchev–Trinajstić information content (AvgIpc) is 3.36. The Morgan fingerprint density at radius 2 is 1.96 bits per heavy atom. The molecule has 2 amide bonds. The third kappa shape index (κ3) is 5.13. The zero-order chi connectivity index (χ0) is 20.1. The van der Waals surface area contributed by atoms with Gasteiger partial charge in [0, 0.05) is 44.8 Å². The maximum absolute atomic E-state index is 12.9. The molecule has 0 aromatic carbocycles. The Labute approximate surface area is 168 Å². The molecule has 2 aliphatic heterocycles. The van der Waals surface area contributed by atoms with Crippen molar-refractivity contribution in [1.29, 1.82) is 0 Å². The van der Waals surface area contributed by atoms with Gasteiger partial charge in [-0.3, -0.25) is 9.59 Å². The van der Waals surface area contributed by atoms with Crippen LogP contribution < -0.4 is 0 Å². The van der Waals surface area contributed by atoms with E-state index in [2.05, 4.69) is 14.8 Å². The van der Waals surface area contributed by atoms with E-state index in [0.29, 0.717) is 12.2 Å². The van der Waals surface area contributed by atoms with Gasteiger partial charge in [0.15, 0.2) is 0 Å². The lowest BCUT2D eigenvalue weighted by atomic mass is 10.0. The Morgan fingerprint density at radius 3 is 2.61 bits per heavy atom. The molecule has 1 atom stereocenters. The van der Waals surface area contributed by atoms with Crippen LogP contribution in [0.3, 0.4) is 0 Å². The topological polar surface area (TPSA) is 61.7 Å². The molecular formula is C21H35N5O2. The highest BCUT2D eigenvalue weighted by molar-refractivity contribution is 5.92. The van der Waals surface area contributed by atoms with Gasteiger partial charge >= 0.3 is 0 Å². The second-order valence-electron chi connectivity index (χ2n) is 8.56. The lowest BCUT2D eigenvalue weighted by molar-refractivity contribution is -0.138. The molecule has 0 N–H and O–H groups in total. The quantitative estimate of drug-likeness (QED) is 0.716. The van der Waals surface area contributed by atoms with Crippen LogP contribution in [0.4, 0.5) is 0 Å². The summed E-state index contributed by atoms with van der Waals surface area (Å²) in [6, 6.07) is 0.106. The van der Waals surface area contributed by atoms with Crippen molar-refractivity contribution < 1.29 is 9.59 Å². The Kier molecular flexibility index (Phi) is 7.10. The highest BCUT2D eigenvalue weighted by Crippen LogP contribution is 2.20. The monoisotopic (exact) mass is 389 g/mol. The van der Waals surface area contributed by atoms with Crippen molar-refractivity contribution in [1.82, 2.24) is 24.3 Å². The first-order valence-electron chi connectivity index (χ1n) is 10.8. The largest absolute Gasteiger partial charge is 0.340 e. The van der Waals surface area contributed by atoms with E-state index in [9.17, 15) is 9.59 Å². The summed E-state index contributed by atoms with van der Waals surface area (Å²) in [5, 5.41) is 0. The molecule has 156 valence electrons. The molecule has 2 saturated heterocycles. The Bertz CT molecular complexity index is 666. The van der Waals surface area contributed by atoms with Gasteiger partial charge in [-0.25, -0.2) is 4.98 Å². The fourth-order valence-corrected chi connectivity index (χ4v) is 4.35. The van der Waals surface area contributed by atoms with Crippen molar-refractivity contribution >= 4 is 11.8 Å². The number of rotatable bonds is 7. The molecule has 1 aromatic heterocycles. The van der Waals surface area contributed by atoms with Gasteiger partial charge in [-0.1, -0.05) is 13.8 Å². The van der Waals surface area contributed by atoms with Gasteiger partial charge in [0.25, 0.3) is 5.91 Å². The number of aromatic nitrogens is 2. The molecule has 0 aliphatic carbocycles. The number of hydrogen-bond donors (Lipinski definition) is 0. The number of imidazole rings is 1. The first-order valence-corrected chi connectivity index (χ1v) is 10.8. The van der Waals surface area contributed by atoms with Crippen LogP contribution in [0.5, 0.6) is 0 Å². The minimum Gasteiger partial charge on any atom is -0.340 e. The molecular weight excluding hydrogens is 354 g/mol. The number of hydrogen-bond acceptors (Lipinski definition) is 4. The molecule has 0 spiro atoms. The van der Waals surface area contributed by atoms with E-state index in [1.165, 1.54) is 25.9 Å². The zero-order valence-corrected chi connectivity index (χ0v) is 17.6. The second kappa shape index (κ2) is 9.54. The van der Waals surface area contributed by atoms with Crippen LogP contribution in [0.1, 0.15) is 56.4 Å². The van der Waals surface area contributed by atoms with Crippen LogP contribution in [0.2, 0.25) is 0 Å². The van der Waals surface area contributed by atoms with E-state index in [1.807, 2.05) is 25.8 Å². The SMILES string of the molecule is CC(C)C(=O)N(CCCN1CCCC1)C1CCCN(C(=O)c2cn(C)cn2)C1. The van der Waals surface area contributed by atoms with E-state index in [1.54, 1.807) is 17.1 Å². The van der Waals surface area contributed by atoms with Gasteiger partial charge in [0.2, 0.25) is 5.91 Å². The van der Waals surface area contributed by atoms with Gasteiger partial charge in [-0.2, -0.15) is 0 Å². The number of piperidine rings is 1. The Morgan fingerprint density at radius 1 is 1.21 bits per heavy atom. The van der Waals surface area contributed by atoms with Gasteiger partial charge in [0.05, 0.1) is 6.33 Å². The van der Waals surface area contributed by atoms with Gasteiger partial charge in [-0.05, 0) is 51.7 Å². The molecule has 0 bridgehead atoms. The van der Waals surface area contributed by atoms with E-state index in [-0.39, 0.29) is 23.8 Å². The molecule has 28 heavy (non-hydrogen) atoms. The lowest BCUT2D eigenvalue weighted by Gasteiger charge is -2.40. The molecule has 7 nitrogen and oxygen atoms in total. The molecule has 0 saturated carbocycles. The van der Waals surface area contributed by atoms with Crippen molar-refractivity contribution in [3.8, 4) is 0 Å². The van der Waals surface area contributed by atoms with E-state index < -0.39 is 0 Å². The van der Waals surface area contributed by atoms with Crippen molar-refractivity contribution in [2.45, 2.75) is 52.0 Å². The molecule has 1 unspecified atom stereocenters. The van der Waals surface area contributed by atoms with Crippen LogP contribution in [-0.2, 0) is 11.8 Å². The second-order valence-corrected chi connectivity index (χ2v) is 8.56. The van der Waals surface area contributed by atoms with Crippen LogP contribution in [0, 0.1) is 5.92 Å². The maximum Gasteiger partial charge on any atom is 0.274 e. The van der Waals surface area contributed by atoms with Crippen molar-refractivity contribution in [3.63, 3.8) is 0 Å². The summed E-state index contributed by atoms with van der Waals surface area (Å²) < 4.78 is 1.79. The van der Waals surface area contributed by atoms with Crippen molar-refractivity contribution in [2.24, 2.45) is 13.0 Å². The highest BCUT2D eigenvalue weighted by atomic mass is 16.2. The minimum atomic E-state index is -0.0284. The summed E-state index contributed by atoms with van der Waals surface area (Å²) in [5.74, 6) is 0.159. The third-order valence-electron chi connectivity index (χ3n) is 5.90. The maximum atomic E-state index is 12.9. The van der Waals surface area contributed by atoms with Crippen LogP contribution >= 0.6 is 0 Å². The lowest BCUT2D eigenvalue weighted by Crippen LogP contribution is -2.53. The Hall–Kier alpha value is -1.89.